The number of carbonyl (C=O) groups excluding carboxylic acids is 2. The molecule has 3 rings (SSSR count). The molecule has 4 N–H and O–H groups in total. The van der Waals surface area contributed by atoms with Gasteiger partial charge in [0.25, 0.3) is 5.56 Å². The quantitative estimate of drug-likeness (QED) is 0.514. The van der Waals surface area contributed by atoms with Gasteiger partial charge in [0.05, 0.1) is 18.0 Å². The molecule has 0 aliphatic rings. The molecule has 1 aromatic heterocycles. The monoisotopic (exact) mass is 382 g/mol. The van der Waals surface area contributed by atoms with E-state index in [0.717, 1.165) is 0 Å². The van der Waals surface area contributed by atoms with Gasteiger partial charge in [-0.05, 0) is 30.3 Å². The maximum atomic E-state index is 12.1. The van der Waals surface area contributed by atoms with Crippen molar-refractivity contribution in [3.05, 3.63) is 63.3 Å². The van der Waals surface area contributed by atoms with Crippen LogP contribution in [0.3, 0.4) is 0 Å². The van der Waals surface area contributed by atoms with Gasteiger partial charge in [-0.15, -0.1) is 0 Å². The number of carbonyl (C=O) groups is 2. The number of methoxy groups -OCH3 is 1. The van der Waals surface area contributed by atoms with Crippen LogP contribution in [0.5, 0.6) is 5.75 Å². The highest BCUT2D eigenvalue weighted by Gasteiger charge is 2.09. The van der Waals surface area contributed by atoms with Crippen molar-refractivity contribution in [3.63, 3.8) is 0 Å². The van der Waals surface area contributed by atoms with Crippen LogP contribution < -0.4 is 26.6 Å². The minimum Gasteiger partial charge on any atom is -0.497 e. The third-order valence-corrected chi connectivity index (χ3v) is 3.96. The first-order chi connectivity index (χ1) is 13.4. The maximum Gasteiger partial charge on any atom is 0.326 e. The Kier molecular flexibility index (Phi) is 5.54. The zero-order chi connectivity index (χ0) is 20.1. The van der Waals surface area contributed by atoms with Crippen LogP contribution in [-0.4, -0.2) is 28.9 Å². The number of hydrogen-bond acceptors (Lipinski definition) is 5. The summed E-state index contributed by atoms with van der Waals surface area (Å²) >= 11 is 0. The van der Waals surface area contributed by atoms with Crippen LogP contribution in [0.15, 0.2) is 52.1 Å². The van der Waals surface area contributed by atoms with Gasteiger partial charge in [0, 0.05) is 30.3 Å². The van der Waals surface area contributed by atoms with Gasteiger partial charge in [-0.2, -0.15) is 0 Å². The van der Waals surface area contributed by atoms with Gasteiger partial charge in [0.2, 0.25) is 11.8 Å². The third-order valence-electron chi connectivity index (χ3n) is 3.96. The molecule has 0 radical (unpaired) electrons. The van der Waals surface area contributed by atoms with E-state index < -0.39 is 11.2 Å². The summed E-state index contributed by atoms with van der Waals surface area (Å²) in [6, 6.07) is 11.4. The van der Waals surface area contributed by atoms with Gasteiger partial charge >= 0.3 is 5.69 Å². The van der Waals surface area contributed by atoms with Crippen molar-refractivity contribution in [1.82, 2.24) is 9.97 Å². The van der Waals surface area contributed by atoms with E-state index in [9.17, 15) is 19.2 Å². The Morgan fingerprint density at radius 2 is 1.61 bits per heavy atom. The summed E-state index contributed by atoms with van der Waals surface area (Å²) in [5, 5.41) is 5.63. The first-order valence-corrected chi connectivity index (χ1v) is 8.45. The lowest BCUT2D eigenvalue weighted by molar-refractivity contribution is -0.121. The predicted molar refractivity (Wildman–Crippen MR) is 105 cm³/mol. The molecule has 144 valence electrons. The summed E-state index contributed by atoms with van der Waals surface area (Å²) in [5.74, 6) is -0.0613. The second-order valence-corrected chi connectivity index (χ2v) is 6.00. The van der Waals surface area contributed by atoms with E-state index in [2.05, 4.69) is 20.6 Å². The van der Waals surface area contributed by atoms with Crippen molar-refractivity contribution >= 4 is 34.1 Å². The van der Waals surface area contributed by atoms with E-state index in [0.29, 0.717) is 28.0 Å². The second-order valence-electron chi connectivity index (χ2n) is 6.00. The number of ether oxygens (including phenoxy) is 1. The molecular formula is C19H18N4O5. The molecule has 2 amide bonds. The van der Waals surface area contributed by atoms with Crippen molar-refractivity contribution < 1.29 is 14.3 Å². The highest BCUT2D eigenvalue weighted by Crippen LogP contribution is 2.17. The average molecular weight is 382 g/mol. The fraction of sp³-hybridized carbons (Fsp3) is 0.158. The third kappa shape index (κ3) is 4.64. The molecule has 9 heteroatoms. The van der Waals surface area contributed by atoms with Crippen LogP contribution in [0.25, 0.3) is 10.9 Å². The number of nitrogens with one attached hydrogen (secondary N) is 4. The average Bonchev–Trinajstić information content (AvgIpc) is 2.66. The Hall–Kier alpha value is -3.88. The molecular weight excluding hydrogens is 364 g/mol. The zero-order valence-corrected chi connectivity index (χ0v) is 15.0. The van der Waals surface area contributed by atoms with Crippen molar-refractivity contribution in [1.29, 1.82) is 0 Å². The number of rotatable bonds is 6. The maximum absolute atomic E-state index is 12.1. The molecule has 0 saturated heterocycles. The Morgan fingerprint density at radius 1 is 0.929 bits per heavy atom. The van der Waals surface area contributed by atoms with Crippen LogP contribution in [0, 0.1) is 0 Å². The van der Waals surface area contributed by atoms with Gasteiger partial charge in [-0.1, -0.05) is 6.07 Å². The summed E-state index contributed by atoms with van der Waals surface area (Å²) in [5.41, 5.74) is 0.156. The fourth-order valence-corrected chi connectivity index (χ4v) is 2.62. The zero-order valence-electron chi connectivity index (χ0n) is 15.0. The van der Waals surface area contributed by atoms with E-state index in [1.165, 1.54) is 19.2 Å². The number of aromatic nitrogens is 2. The van der Waals surface area contributed by atoms with Crippen LogP contribution in [0.1, 0.15) is 12.8 Å². The molecule has 0 saturated carbocycles. The highest BCUT2D eigenvalue weighted by molar-refractivity contribution is 5.97. The van der Waals surface area contributed by atoms with Crippen LogP contribution in [-0.2, 0) is 9.59 Å². The molecule has 3 aromatic rings. The molecule has 0 aliphatic heterocycles. The summed E-state index contributed by atoms with van der Waals surface area (Å²) in [7, 11) is 1.53. The molecule has 9 nitrogen and oxygen atoms in total. The highest BCUT2D eigenvalue weighted by atomic mass is 16.5. The number of fused-ring (bicyclic) bond motifs is 1. The number of amides is 2. The molecule has 0 spiro atoms. The summed E-state index contributed by atoms with van der Waals surface area (Å²) in [6.07, 6.45) is -0.0349. The standard InChI is InChI=1S/C19H18N4O5/c1-28-13-4-2-3-11(9-13)20-16(24)7-8-17(25)21-12-5-6-14-15(10-12)22-19(27)23-18(14)26/h2-6,9-10H,7-8H2,1H3,(H,20,24)(H,21,25)(H2,22,23,26,27). The van der Waals surface area contributed by atoms with Gasteiger partial charge in [-0.3, -0.25) is 19.4 Å². The van der Waals surface area contributed by atoms with Crippen LogP contribution >= 0.6 is 0 Å². The molecule has 0 fully saturated rings. The SMILES string of the molecule is COc1cccc(NC(=O)CCC(=O)Nc2ccc3c(=O)[nH]c(=O)[nH]c3c2)c1. The molecule has 1 heterocycles. The van der Waals surface area contributed by atoms with Crippen LogP contribution in [0.2, 0.25) is 0 Å². The lowest BCUT2D eigenvalue weighted by Crippen LogP contribution is -2.22. The predicted octanol–water partition coefficient (Wildman–Crippen LogP) is 1.58. The first kappa shape index (κ1) is 18.9. The fourth-order valence-electron chi connectivity index (χ4n) is 2.62. The Bertz CT molecular complexity index is 1150. The lowest BCUT2D eigenvalue weighted by atomic mass is 10.2. The number of anilines is 2. The number of hydrogen-bond donors (Lipinski definition) is 4. The lowest BCUT2D eigenvalue weighted by Gasteiger charge is -2.08. The van der Waals surface area contributed by atoms with E-state index in [4.69, 9.17) is 4.74 Å². The summed E-state index contributed by atoms with van der Waals surface area (Å²) in [6.45, 7) is 0. The second kappa shape index (κ2) is 8.21. The summed E-state index contributed by atoms with van der Waals surface area (Å²) in [4.78, 5) is 51.8. The topological polar surface area (TPSA) is 133 Å². The van der Waals surface area contributed by atoms with Crippen molar-refractivity contribution in [2.45, 2.75) is 12.8 Å². The Labute approximate surface area is 158 Å². The van der Waals surface area contributed by atoms with Gasteiger partial charge < -0.3 is 20.4 Å². The van der Waals surface area contributed by atoms with E-state index in [1.807, 2.05) is 0 Å². The van der Waals surface area contributed by atoms with Crippen LogP contribution in [0.4, 0.5) is 11.4 Å². The van der Waals surface area contributed by atoms with E-state index in [1.54, 1.807) is 30.3 Å². The van der Waals surface area contributed by atoms with E-state index in [-0.39, 0.29) is 24.7 Å². The normalized spacial score (nSPS) is 10.5. The minimum absolute atomic E-state index is 0.00682. The molecule has 2 aromatic carbocycles. The number of aromatic amines is 2. The molecule has 0 unspecified atom stereocenters. The van der Waals surface area contributed by atoms with Gasteiger partial charge in [0.15, 0.2) is 0 Å². The molecule has 28 heavy (non-hydrogen) atoms. The minimum atomic E-state index is -0.629. The Morgan fingerprint density at radius 3 is 2.29 bits per heavy atom. The largest absolute Gasteiger partial charge is 0.497 e. The van der Waals surface area contributed by atoms with Crippen molar-refractivity contribution in [2.24, 2.45) is 0 Å². The summed E-state index contributed by atoms with van der Waals surface area (Å²) < 4.78 is 5.09. The molecule has 0 atom stereocenters. The van der Waals surface area contributed by atoms with Gasteiger partial charge in [0.1, 0.15) is 5.75 Å². The van der Waals surface area contributed by atoms with Gasteiger partial charge in [-0.25, -0.2) is 4.79 Å². The van der Waals surface area contributed by atoms with E-state index >= 15 is 0 Å². The molecule has 0 aliphatic carbocycles. The smallest absolute Gasteiger partial charge is 0.326 e. The Balaban J connectivity index is 1.58. The molecule has 0 bridgehead atoms. The number of H-pyrrole nitrogens is 2. The first-order valence-electron chi connectivity index (χ1n) is 8.45. The van der Waals surface area contributed by atoms with Crippen molar-refractivity contribution in [3.8, 4) is 5.75 Å². The van der Waals surface area contributed by atoms with Crippen molar-refractivity contribution in [2.75, 3.05) is 17.7 Å². The number of benzene rings is 2.